The Balaban J connectivity index is 5.25. The summed E-state index contributed by atoms with van der Waals surface area (Å²) in [6.45, 7) is 14.4. The number of aliphatic hydroxyl groups excluding tert-OH is 1. The van der Waals surface area contributed by atoms with Gasteiger partial charge in [0.05, 0.1) is 26.4 Å². The molecule has 0 saturated heterocycles. The molecule has 0 radical (unpaired) electrons. The highest BCUT2D eigenvalue weighted by Gasteiger charge is 2.31. The van der Waals surface area contributed by atoms with E-state index in [-0.39, 0.29) is 25.7 Å². The zero-order valence-electron chi connectivity index (χ0n) is 69.4. The molecule has 0 saturated carbocycles. The smallest absolute Gasteiger partial charge is 0.462 e. The molecule has 0 aliphatic heterocycles. The molecule has 3 N–H and O–H groups in total. The first-order valence-electron chi connectivity index (χ1n) is 44.2. The molecule has 0 aliphatic carbocycles. The van der Waals surface area contributed by atoms with Crippen LogP contribution in [0.2, 0.25) is 0 Å². The Kier molecular flexibility index (Phi) is 73.4. The Hall–Kier alpha value is -1.94. The summed E-state index contributed by atoms with van der Waals surface area (Å²) in [4.78, 5) is 73.2. The number of ether oxygens (including phenoxy) is 4. The van der Waals surface area contributed by atoms with E-state index in [0.29, 0.717) is 25.7 Å². The van der Waals surface area contributed by atoms with Gasteiger partial charge in [-0.1, -0.05) is 396 Å². The molecular weight excluding hydrogens is 1370 g/mol. The first-order valence-corrected chi connectivity index (χ1v) is 47.2. The average Bonchev–Trinajstić information content (AvgIpc) is 0.913. The number of carbonyl (C=O) groups is 4. The molecule has 19 heteroatoms. The van der Waals surface area contributed by atoms with E-state index in [2.05, 4.69) is 55.4 Å². The number of hydrogen-bond acceptors (Lipinski definition) is 15. The van der Waals surface area contributed by atoms with E-state index in [1.807, 2.05) is 0 Å². The highest BCUT2D eigenvalue weighted by molar-refractivity contribution is 7.47. The van der Waals surface area contributed by atoms with Crippen LogP contribution in [0.3, 0.4) is 0 Å². The van der Waals surface area contributed by atoms with Crippen molar-refractivity contribution in [1.82, 2.24) is 0 Å². The lowest BCUT2D eigenvalue weighted by molar-refractivity contribution is -0.161. The molecule has 0 bridgehead atoms. The molecule has 105 heavy (non-hydrogen) atoms. The third kappa shape index (κ3) is 78.5. The van der Waals surface area contributed by atoms with Gasteiger partial charge < -0.3 is 33.8 Å². The van der Waals surface area contributed by atoms with E-state index in [1.54, 1.807) is 0 Å². The molecule has 17 nitrogen and oxygen atoms in total. The van der Waals surface area contributed by atoms with Crippen LogP contribution >= 0.6 is 15.6 Å². The van der Waals surface area contributed by atoms with Crippen LogP contribution in [-0.4, -0.2) is 96.7 Å². The summed E-state index contributed by atoms with van der Waals surface area (Å²) < 4.78 is 68.9. The number of hydrogen-bond donors (Lipinski definition) is 3. The van der Waals surface area contributed by atoms with Gasteiger partial charge in [0.25, 0.3) is 0 Å². The lowest BCUT2D eigenvalue weighted by atomic mass is 9.99. The molecule has 0 aromatic carbocycles. The van der Waals surface area contributed by atoms with Gasteiger partial charge in [0.2, 0.25) is 0 Å². The quantitative estimate of drug-likeness (QED) is 0.0222. The lowest BCUT2D eigenvalue weighted by Gasteiger charge is -2.21. The fraction of sp³-hybridized carbons (Fsp3) is 0.953. The van der Waals surface area contributed by atoms with Crippen molar-refractivity contribution in [3.05, 3.63) is 0 Å². The SMILES string of the molecule is CCC(C)CCCCCCCCCCCCCCCCCCCCC(=O)O[C@H](COC(=O)CCCCCCCCCCCCCCCC(C)C)COP(=O)(O)OC[C@@H](O)COP(=O)(O)OC[C@@H](COC(=O)CCCCCCCCCCCC(C)C)OC(=O)CCCCCCCCCCCCCCC(C)C. The van der Waals surface area contributed by atoms with Gasteiger partial charge >= 0.3 is 39.5 Å². The molecule has 0 rings (SSSR count). The second-order valence-electron chi connectivity index (χ2n) is 32.6. The van der Waals surface area contributed by atoms with Crippen molar-refractivity contribution in [2.45, 2.75) is 465 Å². The Morgan fingerprint density at radius 2 is 0.457 bits per heavy atom. The average molecular weight is 1540 g/mol. The van der Waals surface area contributed by atoms with E-state index in [9.17, 15) is 43.2 Å². The van der Waals surface area contributed by atoms with Crippen molar-refractivity contribution in [3.8, 4) is 0 Å². The van der Waals surface area contributed by atoms with Crippen molar-refractivity contribution in [2.75, 3.05) is 39.6 Å². The van der Waals surface area contributed by atoms with Gasteiger partial charge in [0, 0.05) is 25.7 Å². The van der Waals surface area contributed by atoms with E-state index in [1.165, 1.54) is 250 Å². The summed E-state index contributed by atoms with van der Waals surface area (Å²) in [5.74, 6) is 1.08. The number of carbonyl (C=O) groups excluding carboxylic acids is 4. The lowest BCUT2D eigenvalue weighted by Crippen LogP contribution is -2.30. The Morgan fingerprint density at radius 1 is 0.267 bits per heavy atom. The maximum absolute atomic E-state index is 13.1. The maximum Gasteiger partial charge on any atom is 0.472 e. The summed E-state index contributed by atoms with van der Waals surface area (Å²) in [7, 11) is -9.93. The molecule has 0 spiro atoms. The Labute approximate surface area is 645 Å². The Bertz CT molecular complexity index is 2040. The van der Waals surface area contributed by atoms with Crippen LogP contribution in [0.4, 0.5) is 0 Å². The number of phosphoric ester groups is 2. The highest BCUT2D eigenvalue weighted by atomic mass is 31.2. The van der Waals surface area contributed by atoms with Crippen LogP contribution in [-0.2, 0) is 65.4 Å². The van der Waals surface area contributed by atoms with Crippen LogP contribution in [0.5, 0.6) is 0 Å². The van der Waals surface area contributed by atoms with E-state index in [0.717, 1.165) is 114 Å². The predicted octanol–water partition coefficient (Wildman–Crippen LogP) is 25.9. The fourth-order valence-corrected chi connectivity index (χ4v) is 14.9. The van der Waals surface area contributed by atoms with E-state index >= 15 is 0 Å². The number of phosphoric acid groups is 2. The van der Waals surface area contributed by atoms with E-state index in [4.69, 9.17) is 37.0 Å². The van der Waals surface area contributed by atoms with E-state index < -0.39 is 97.5 Å². The van der Waals surface area contributed by atoms with Crippen LogP contribution < -0.4 is 0 Å². The number of rotatable bonds is 83. The van der Waals surface area contributed by atoms with Gasteiger partial charge in [-0.3, -0.25) is 37.3 Å². The minimum atomic E-state index is -4.97. The molecule has 0 fully saturated rings. The normalized spacial score (nSPS) is 14.2. The molecular formula is C86H168O17P2. The molecule has 0 aromatic rings. The van der Waals surface area contributed by atoms with Crippen LogP contribution in [0.15, 0.2) is 0 Å². The van der Waals surface area contributed by atoms with Gasteiger partial charge in [-0.25, -0.2) is 9.13 Å². The molecule has 0 aromatic heterocycles. The molecule has 3 unspecified atom stereocenters. The van der Waals surface area contributed by atoms with Gasteiger partial charge in [-0.05, 0) is 49.4 Å². The minimum absolute atomic E-state index is 0.106. The Morgan fingerprint density at radius 3 is 0.676 bits per heavy atom. The van der Waals surface area contributed by atoms with Crippen LogP contribution in [0, 0.1) is 23.7 Å². The highest BCUT2D eigenvalue weighted by Crippen LogP contribution is 2.45. The summed E-state index contributed by atoms with van der Waals surface area (Å²) in [6, 6.07) is 0. The number of aliphatic hydroxyl groups is 1. The second kappa shape index (κ2) is 74.8. The van der Waals surface area contributed by atoms with Crippen LogP contribution in [0.1, 0.15) is 447 Å². The van der Waals surface area contributed by atoms with Gasteiger partial charge in [-0.2, -0.15) is 0 Å². The first kappa shape index (κ1) is 103. The zero-order chi connectivity index (χ0) is 77.4. The number of unbranched alkanes of at least 4 members (excludes halogenated alkanes) is 48. The molecule has 0 amide bonds. The standard InChI is InChI=1S/C86H168O17P2/c1-9-79(8)65-57-49-41-33-25-18-14-12-10-11-13-15-19-27-35-44-52-60-68-85(90)102-81(72-96-83(88)66-58-50-42-34-26-20-16-17-23-30-38-46-54-62-76(2)3)74-100-104(92,93)98-70-80(87)71-99-105(94,95)101-75-82(73-97-84(89)67-59-51-43-37-29-32-40-48-56-64-78(6)7)103-86(91)69-61-53-45-36-28-22-21-24-31-39-47-55-63-77(4)5/h76-82,87H,9-75H2,1-8H3,(H,92,93)(H,94,95)/t79?,80-,81-,82-/m1/s1. The van der Waals surface area contributed by atoms with Gasteiger partial charge in [-0.15, -0.1) is 0 Å². The van der Waals surface area contributed by atoms with Crippen molar-refractivity contribution in [2.24, 2.45) is 23.7 Å². The van der Waals surface area contributed by atoms with Crippen molar-refractivity contribution in [1.29, 1.82) is 0 Å². The molecule has 0 heterocycles. The number of esters is 4. The summed E-state index contributed by atoms with van der Waals surface area (Å²) in [5.41, 5.74) is 0. The first-order chi connectivity index (χ1) is 50.6. The fourth-order valence-electron chi connectivity index (χ4n) is 13.3. The minimum Gasteiger partial charge on any atom is -0.462 e. The van der Waals surface area contributed by atoms with Crippen molar-refractivity contribution in [3.63, 3.8) is 0 Å². The summed E-state index contributed by atoms with van der Waals surface area (Å²) >= 11 is 0. The monoisotopic (exact) mass is 1540 g/mol. The molecule has 6 atom stereocenters. The maximum atomic E-state index is 13.1. The molecule has 624 valence electrons. The third-order valence-electron chi connectivity index (χ3n) is 20.4. The molecule has 0 aliphatic rings. The summed E-state index contributed by atoms with van der Waals surface area (Å²) in [5, 5.41) is 10.7. The summed E-state index contributed by atoms with van der Waals surface area (Å²) in [6.07, 6.45) is 63.8. The third-order valence-corrected chi connectivity index (χ3v) is 22.3. The predicted molar refractivity (Wildman–Crippen MR) is 432 cm³/mol. The van der Waals surface area contributed by atoms with Gasteiger partial charge in [0.15, 0.2) is 12.2 Å². The second-order valence-corrected chi connectivity index (χ2v) is 35.5. The van der Waals surface area contributed by atoms with Crippen molar-refractivity contribution >= 4 is 39.5 Å². The largest absolute Gasteiger partial charge is 0.472 e. The van der Waals surface area contributed by atoms with Crippen molar-refractivity contribution < 1.29 is 80.2 Å². The van der Waals surface area contributed by atoms with Gasteiger partial charge in [0.1, 0.15) is 19.3 Å². The zero-order valence-corrected chi connectivity index (χ0v) is 71.2. The van der Waals surface area contributed by atoms with Crippen LogP contribution in [0.25, 0.3) is 0 Å². The topological polar surface area (TPSA) is 237 Å².